The van der Waals surface area contributed by atoms with Gasteiger partial charge in [0, 0.05) is 13.1 Å². The highest BCUT2D eigenvalue weighted by molar-refractivity contribution is 5.97. The van der Waals surface area contributed by atoms with Gasteiger partial charge in [-0.15, -0.1) is 0 Å². The van der Waals surface area contributed by atoms with Gasteiger partial charge in [-0.05, 0) is 30.3 Å². The predicted octanol–water partition coefficient (Wildman–Crippen LogP) is 3.34. The molecule has 29 heavy (non-hydrogen) atoms. The lowest BCUT2D eigenvalue weighted by Crippen LogP contribution is -2.37. The number of anilines is 2. The Morgan fingerprint density at radius 1 is 1.07 bits per heavy atom. The predicted molar refractivity (Wildman–Crippen MR) is 99.8 cm³/mol. The van der Waals surface area contributed by atoms with Gasteiger partial charge in [-0.2, -0.15) is 13.2 Å². The number of nitrogens with one attached hydrogen (secondary N) is 1. The number of carbonyl (C=O) groups is 2. The van der Waals surface area contributed by atoms with Crippen molar-refractivity contribution in [2.24, 2.45) is 0 Å². The standard InChI is InChI=1S/C20H19F3N2O4/c21-20(22,23)15-6-7-17(25-8-10-28-11-9-25)16(12-15)24-18(26)13-29-19(27)14-4-2-1-3-5-14/h1-7,12H,8-11,13H2,(H,24,26). The summed E-state index contributed by atoms with van der Waals surface area (Å²) in [6, 6.07) is 11.2. The first-order valence-electron chi connectivity index (χ1n) is 8.90. The lowest BCUT2D eigenvalue weighted by atomic mass is 10.1. The van der Waals surface area contributed by atoms with Gasteiger partial charge in [0.2, 0.25) is 0 Å². The van der Waals surface area contributed by atoms with Crippen LogP contribution in [-0.2, 0) is 20.4 Å². The van der Waals surface area contributed by atoms with E-state index in [-0.39, 0.29) is 11.3 Å². The van der Waals surface area contributed by atoms with Gasteiger partial charge in [0.1, 0.15) is 0 Å². The van der Waals surface area contributed by atoms with Crippen molar-refractivity contribution in [3.05, 3.63) is 59.7 Å². The number of alkyl halides is 3. The van der Waals surface area contributed by atoms with Crippen LogP contribution in [0.25, 0.3) is 0 Å². The van der Waals surface area contributed by atoms with Crippen LogP contribution in [0.1, 0.15) is 15.9 Å². The summed E-state index contributed by atoms with van der Waals surface area (Å²) >= 11 is 0. The number of ether oxygens (including phenoxy) is 2. The fourth-order valence-electron chi connectivity index (χ4n) is 2.87. The molecule has 1 heterocycles. The average molecular weight is 408 g/mol. The van der Waals surface area contributed by atoms with Gasteiger partial charge < -0.3 is 19.7 Å². The van der Waals surface area contributed by atoms with E-state index >= 15 is 0 Å². The van der Waals surface area contributed by atoms with E-state index in [2.05, 4.69) is 5.32 Å². The third kappa shape index (κ3) is 5.47. The van der Waals surface area contributed by atoms with Crippen LogP contribution in [0.3, 0.4) is 0 Å². The molecule has 1 aliphatic rings. The molecule has 0 unspecified atom stereocenters. The zero-order valence-corrected chi connectivity index (χ0v) is 15.4. The zero-order valence-electron chi connectivity index (χ0n) is 15.4. The Bertz CT molecular complexity index is 866. The van der Waals surface area contributed by atoms with E-state index in [1.54, 1.807) is 18.2 Å². The third-order valence-electron chi connectivity index (χ3n) is 4.29. The topological polar surface area (TPSA) is 67.9 Å². The van der Waals surface area contributed by atoms with Crippen molar-refractivity contribution >= 4 is 23.3 Å². The molecular formula is C20H19F3N2O4. The normalized spacial score (nSPS) is 14.4. The van der Waals surface area contributed by atoms with Crippen LogP contribution in [-0.4, -0.2) is 44.8 Å². The summed E-state index contributed by atoms with van der Waals surface area (Å²) in [6.07, 6.45) is -4.55. The number of hydrogen-bond donors (Lipinski definition) is 1. The third-order valence-corrected chi connectivity index (χ3v) is 4.29. The van der Waals surface area contributed by atoms with E-state index in [1.165, 1.54) is 18.2 Å². The first kappa shape index (κ1) is 20.7. The lowest BCUT2D eigenvalue weighted by molar-refractivity contribution is -0.137. The minimum absolute atomic E-state index is 0.00230. The number of esters is 1. The smallest absolute Gasteiger partial charge is 0.416 e. The number of benzene rings is 2. The maximum Gasteiger partial charge on any atom is 0.416 e. The first-order chi connectivity index (χ1) is 13.8. The van der Waals surface area contributed by atoms with E-state index in [9.17, 15) is 22.8 Å². The molecule has 0 spiro atoms. The van der Waals surface area contributed by atoms with Gasteiger partial charge in [-0.1, -0.05) is 18.2 Å². The number of rotatable bonds is 5. The summed E-state index contributed by atoms with van der Waals surface area (Å²) in [7, 11) is 0. The molecule has 1 N–H and O–H groups in total. The molecule has 0 aromatic heterocycles. The molecule has 9 heteroatoms. The summed E-state index contributed by atoms with van der Waals surface area (Å²) in [5.74, 6) is -1.43. The van der Waals surface area contributed by atoms with Gasteiger partial charge in [0.25, 0.3) is 5.91 Å². The maximum absolute atomic E-state index is 13.1. The van der Waals surface area contributed by atoms with Crippen molar-refractivity contribution in [2.75, 3.05) is 43.1 Å². The summed E-state index contributed by atoms with van der Waals surface area (Å²) in [4.78, 5) is 26.0. The number of halogens is 3. The van der Waals surface area contributed by atoms with E-state index in [0.717, 1.165) is 12.1 Å². The van der Waals surface area contributed by atoms with Crippen molar-refractivity contribution in [3.8, 4) is 0 Å². The number of carbonyl (C=O) groups excluding carboxylic acids is 2. The van der Waals surface area contributed by atoms with Gasteiger partial charge >= 0.3 is 12.1 Å². The summed E-state index contributed by atoms with van der Waals surface area (Å²) in [6.45, 7) is 1.22. The molecule has 0 saturated carbocycles. The highest BCUT2D eigenvalue weighted by Gasteiger charge is 2.32. The van der Waals surface area contributed by atoms with E-state index < -0.39 is 30.2 Å². The summed E-state index contributed by atoms with van der Waals surface area (Å²) in [5, 5.41) is 2.43. The Kier molecular flexibility index (Phi) is 6.38. The van der Waals surface area contributed by atoms with Crippen LogP contribution in [0.2, 0.25) is 0 Å². The zero-order chi connectivity index (χ0) is 20.9. The monoisotopic (exact) mass is 408 g/mol. The van der Waals surface area contributed by atoms with E-state index in [4.69, 9.17) is 9.47 Å². The molecule has 0 aliphatic carbocycles. The second-order valence-electron chi connectivity index (χ2n) is 6.32. The minimum atomic E-state index is -4.55. The van der Waals surface area contributed by atoms with Gasteiger partial charge in [-0.25, -0.2) is 4.79 Å². The fourth-order valence-corrected chi connectivity index (χ4v) is 2.87. The number of amides is 1. The van der Waals surface area contributed by atoms with Crippen LogP contribution in [0, 0.1) is 0 Å². The van der Waals surface area contributed by atoms with Crippen LogP contribution in [0.4, 0.5) is 24.5 Å². The molecule has 1 saturated heterocycles. The van der Waals surface area contributed by atoms with Gasteiger partial charge in [0.05, 0.1) is 35.7 Å². The van der Waals surface area contributed by atoms with Crippen molar-refractivity contribution in [2.45, 2.75) is 6.18 Å². The largest absolute Gasteiger partial charge is 0.452 e. The number of hydrogen-bond acceptors (Lipinski definition) is 5. The summed E-state index contributed by atoms with van der Waals surface area (Å²) in [5.41, 5.74) is -0.161. The summed E-state index contributed by atoms with van der Waals surface area (Å²) < 4.78 is 49.5. The van der Waals surface area contributed by atoms with Crippen LogP contribution >= 0.6 is 0 Å². The fraction of sp³-hybridized carbons (Fsp3) is 0.300. The Hall–Kier alpha value is -3.07. The molecule has 2 aromatic rings. The molecule has 3 rings (SSSR count). The van der Waals surface area contributed by atoms with Gasteiger partial charge in [0.15, 0.2) is 6.61 Å². The Labute approximate surface area is 165 Å². The van der Waals surface area contributed by atoms with Crippen molar-refractivity contribution in [1.29, 1.82) is 0 Å². The molecule has 0 bridgehead atoms. The molecule has 0 radical (unpaired) electrons. The molecule has 1 fully saturated rings. The van der Waals surface area contributed by atoms with Crippen molar-refractivity contribution < 1.29 is 32.2 Å². The van der Waals surface area contributed by atoms with Crippen molar-refractivity contribution in [3.63, 3.8) is 0 Å². The van der Waals surface area contributed by atoms with Crippen LogP contribution < -0.4 is 10.2 Å². The number of morpholine rings is 1. The quantitative estimate of drug-likeness (QED) is 0.769. The van der Waals surface area contributed by atoms with Crippen LogP contribution in [0.15, 0.2) is 48.5 Å². The second kappa shape index (κ2) is 8.95. The van der Waals surface area contributed by atoms with Crippen molar-refractivity contribution in [1.82, 2.24) is 0 Å². The lowest BCUT2D eigenvalue weighted by Gasteiger charge is -2.31. The second-order valence-corrected chi connectivity index (χ2v) is 6.32. The molecule has 1 amide bonds. The van der Waals surface area contributed by atoms with Crippen LogP contribution in [0.5, 0.6) is 0 Å². The van der Waals surface area contributed by atoms with Gasteiger partial charge in [-0.3, -0.25) is 4.79 Å². The Morgan fingerprint density at radius 3 is 2.41 bits per heavy atom. The molecule has 2 aromatic carbocycles. The van der Waals surface area contributed by atoms with E-state index in [0.29, 0.717) is 32.0 Å². The molecule has 6 nitrogen and oxygen atoms in total. The number of nitrogens with zero attached hydrogens (tertiary/aromatic N) is 1. The highest BCUT2D eigenvalue weighted by Crippen LogP contribution is 2.35. The molecule has 1 aliphatic heterocycles. The first-order valence-corrected chi connectivity index (χ1v) is 8.90. The molecule has 154 valence electrons. The highest BCUT2D eigenvalue weighted by atomic mass is 19.4. The minimum Gasteiger partial charge on any atom is -0.452 e. The molecule has 0 atom stereocenters. The maximum atomic E-state index is 13.1. The average Bonchev–Trinajstić information content (AvgIpc) is 2.72. The molecular weight excluding hydrogens is 389 g/mol. The Balaban J connectivity index is 1.73. The SMILES string of the molecule is O=C(COC(=O)c1ccccc1)Nc1cc(C(F)(F)F)ccc1N1CCOCC1. The Morgan fingerprint density at radius 2 is 1.76 bits per heavy atom. The van der Waals surface area contributed by atoms with E-state index in [1.807, 2.05) is 4.90 Å².